The molecular formula is C34H44F6O8S2. The van der Waals surface area contributed by atoms with Crippen LogP contribution in [-0.2, 0) is 38.5 Å². The van der Waals surface area contributed by atoms with E-state index in [0.29, 0.717) is 50.0 Å². The highest BCUT2D eigenvalue weighted by Gasteiger charge is 2.71. The molecule has 2 spiro atoms. The lowest BCUT2D eigenvalue weighted by Gasteiger charge is -2.57. The van der Waals surface area contributed by atoms with Crippen LogP contribution in [0.1, 0.15) is 79.1 Å². The van der Waals surface area contributed by atoms with Crippen LogP contribution in [-0.4, -0.2) is 70.7 Å². The van der Waals surface area contributed by atoms with Gasteiger partial charge in [0, 0.05) is 59.5 Å². The van der Waals surface area contributed by atoms with Crippen LogP contribution in [0.5, 0.6) is 0 Å². The summed E-state index contributed by atoms with van der Waals surface area (Å²) in [5.74, 6) is -4.66. The Kier molecular flexibility index (Phi) is 8.90. The number of allylic oxidation sites excluding steroid dienone is 2. The first-order chi connectivity index (χ1) is 23.5. The van der Waals surface area contributed by atoms with E-state index >= 15 is 0 Å². The zero-order valence-electron chi connectivity index (χ0n) is 28.5. The molecule has 2 saturated carbocycles. The summed E-state index contributed by atoms with van der Waals surface area (Å²) in [7, 11) is 0. The molecule has 0 aromatic rings. The van der Waals surface area contributed by atoms with Crippen molar-refractivity contribution in [2.75, 3.05) is 23.0 Å². The van der Waals surface area contributed by atoms with Crippen molar-refractivity contribution in [3.05, 3.63) is 22.7 Å². The topological polar surface area (TPSA) is 73.8 Å². The molecule has 12 atom stereocenters. The molecule has 0 N–H and O–H groups in total. The maximum Gasteiger partial charge on any atom is 0.449 e. The van der Waals surface area contributed by atoms with Crippen molar-refractivity contribution in [2.24, 2.45) is 35.5 Å². The first-order valence-electron chi connectivity index (χ1n) is 17.7. The van der Waals surface area contributed by atoms with Crippen molar-refractivity contribution >= 4 is 23.5 Å². The Bertz CT molecular complexity index is 1320. The van der Waals surface area contributed by atoms with Gasteiger partial charge in [0.2, 0.25) is 35.7 Å². The number of alkyl halides is 6. The number of hydrogen-bond acceptors (Lipinski definition) is 10. The lowest BCUT2D eigenvalue weighted by Crippen LogP contribution is -2.67. The molecule has 0 radical (unpaired) electrons. The fourth-order valence-corrected chi connectivity index (χ4v) is 12.6. The highest BCUT2D eigenvalue weighted by atomic mass is 32.2. The minimum absolute atomic E-state index is 0.0319. The molecule has 0 aromatic heterocycles. The Morgan fingerprint density at radius 1 is 0.600 bits per heavy atom. The molecule has 8 fully saturated rings. The predicted octanol–water partition coefficient (Wildman–Crippen LogP) is 8.58. The molecular weight excluding hydrogens is 714 g/mol. The van der Waals surface area contributed by atoms with E-state index < -0.39 is 71.1 Å². The standard InChI is InChI=1S/C34H44F6O8S2/c1-17-5-7-23-19(25(33(35,36)37)41-27-31(23)21(17)9-11-29(3,43-27)45-47-31)15-49-13-14-50-16-20-24-8-6-18(2)22-10-12-30(4)44-28(32(22,24)48-46-30)42-26(20)34(38,39)40/h17-18,21-24,27-28H,5-16H2,1-4H3/t17-,18-,21?,22?,23+,24+,27-,28-,29?,30?,31-,32-/m1/s1. The van der Waals surface area contributed by atoms with Crippen molar-refractivity contribution in [1.82, 2.24) is 0 Å². The van der Waals surface area contributed by atoms with Gasteiger partial charge in [-0.2, -0.15) is 49.9 Å². The van der Waals surface area contributed by atoms with Gasteiger partial charge in [0.1, 0.15) is 0 Å². The van der Waals surface area contributed by atoms with E-state index in [9.17, 15) is 26.3 Å². The van der Waals surface area contributed by atoms with E-state index in [4.69, 9.17) is 38.5 Å². The molecule has 50 heavy (non-hydrogen) atoms. The van der Waals surface area contributed by atoms with Crippen molar-refractivity contribution in [1.29, 1.82) is 0 Å². The summed E-state index contributed by atoms with van der Waals surface area (Å²) < 4.78 is 111. The third-order valence-electron chi connectivity index (χ3n) is 12.7. The SMILES string of the molecule is C[C@@H]1CC[C@H]2C(CSCCSCC3=C(C(F)(F)F)O[C@@H]4OC5(C)CCC6[C@H](C)CC[C@@H]3[C@]64OO5)=C(C(F)(F)F)O[C@@H]3OC4(C)CCC1[C@]32OO4. The number of rotatable bonds is 7. The number of thioether (sulfide) groups is 2. The van der Waals surface area contributed by atoms with E-state index in [0.717, 1.165) is 12.8 Å². The van der Waals surface area contributed by atoms with Crippen LogP contribution < -0.4 is 0 Å². The van der Waals surface area contributed by atoms with Crippen LogP contribution in [0.25, 0.3) is 0 Å². The molecule has 2 aliphatic carbocycles. The summed E-state index contributed by atoms with van der Waals surface area (Å²) >= 11 is 2.61. The van der Waals surface area contributed by atoms with Crippen LogP contribution >= 0.6 is 23.5 Å². The van der Waals surface area contributed by atoms with Gasteiger partial charge in [-0.25, -0.2) is 19.6 Å². The van der Waals surface area contributed by atoms with Crippen LogP contribution in [0.4, 0.5) is 26.3 Å². The summed E-state index contributed by atoms with van der Waals surface area (Å²) in [5.41, 5.74) is -2.12. The van der Waals surface area contributed by atoms with Gasteiger partial charge < -0.3 is 18.9 Å². The lowest BCUT2D eigenvalue weighted by molar-refractivity contribution is -0.557. The largest absolute Gasteiger partial charge is 0.456 e. The Hall–Kier alpha value is -0.880. The smallest absolute Gasteiger partial charge is 0.449 e. The Labute approximate surface area is 295 Å². The average molecular weight is 759 g/mol. The van der Waals surface area contributed by atoms with E-state index in [1.807, 2.05) is 0 Å². The molecule has 10 rings (SSSR count). The normalized spacial score (nSPS) is 46.8. The first kappa shape index (κ1) is 36.1. The Balaban J connectivity index is 0.987. The van der Waals surface area contributed by atoms with E-state index in [-0.39, 0.29) is 46.3 Å². The third-order valence-corrected chi connectivity index (χ3v) is 15.0. The quantitative estimate of drug-likeness (QED) is 0.143. The average Bonchev–Trinajstić information content (AvgIpc) is 3.41. The van der Waals surface area contributed by atoms with Crippen LogP contribution in [0, 0.1) is 35.5 Å². The molecule has 6 saturated heterocycles. The van der Waals surface area contributed by atoms with Crippen LogP contribution in [0.3, 0.4) is 0 Å². The van der Waals surface area contributed by atoms with Gasteiger partial charge in [0.05, 0.1) is 0 Å². The molecule has 4 bridgehead atoms. The van der Waals surface area contributed by atoms with Crippen LogP contribution in [0.2, 0.25) is 0 Å². The summed E-state index contributed by atoms with van der Waals surface area (Å²) in [6, 6.07) is 0. The summed E-state index contributed by atoms with van der Waals surface area (Å²) in [4.78, 5) is 23.6. The van der Waals surface area contributed by atoms with Gasteiger partial charge in [-0.1, -0.05) is 13.8 Å². The summed E-state index contributed by atoms with van der Waals surface area (Å²) in [6.45, 7) is 7.50. The molecule has 0 amide bonds. The summed E-state index contributed by atoms with van der Waals surface area (Å²) in [6.07, 6.45) is -7.24. The maximum atomic E-state index is 14.6. The van der Waals surface area contributed by atoms with E-state index in [1.165, 1.54) is 23.5 Å². The minimum atomic E-state index is -4.74. The number of ether oxygens (including phenoxy) is 4. The molecule has 0 aromatic carbocycles. The van der Waals surface area contributed by atoms with Crippen LogP contribution in [0.15, 0.2) is 22.7 Å². The van der Waals surface area contributed by atoms with Gasteiger partial charge in [-0.05, 0) is 75.4 Å². The van der Waals surface area contributed by atoms with E-state index in [2.05, 4.69) is 13.8 Å². The van der Waals surface area contributed by atoms with Crippen molar-refractivity contribution in [3.63, 3.8) is 0 Å². The second-order valence-corrected chi connectivity index (χ2v) is 18.0. The fourth-order valence-electron chi connectivity index (χ4n) is 10.3. The Morgan fingerprint density at radius 2 is 1.00 bits per heavy atom. The second-order valence-electron chi connectivity index (χ2n) is 15.8. The molecule has 8 nitrogen and oxygen atoms in total. The van der Waals surface area contributed by atoms with Gasteiger partial charge in [0.15, 0.2) is 11.2 Å². The fraction of sp³-hybridized carbons (Fsp3) is 0.882. The van der Waals surface area contributed by atoms with Gasteiger partial charge in [-0.15, -0.1) is 0 Å². The molecule has 8 aliphatic heterocycles. The zero-order valence-corrected chi connectivity index (χ0v) is 30.1. The van der Waals surface area contributed by atoms with Gasteiger partial charge in [-0.3, -0.25) is 0 Å². The number of fused-ring (bicyclic) bond motifs is 4. The number of hydrogen-bond donors (Lipinski definition) is 0. The van der Waals surface area contributed by atoms with Crippen molar-refractivity contribution in [2.45, 2.75) is 127 Å². The first-order valence-corrected chi connectivity index (χ1v) is 20.0. The van der Waals surface area contributed by atoms with Gasteiger partial charge >= 0.3 is 12.4 Å². The number of halogens is 6. The zero-order chi connectivity index (χ0) is 35.5. The maximum absolute atomic E-state index is 14.6. The molecule has 16 heteroatoms. The molecule has 10 aliphatic rings. The second kappa shape index (κ2) is 12.3. The highest BCUT2D eigenvalue weighted by molar-refractivity contribution is 8.03. The van der Waals surface area contributed by atoms with Crippen molar-refractivity contribution in [3.8, 4) is 0 Å². The molecule has 4 unspecified atom stereocenters. The van der Waals surface area contributed by atoms with Crippen molar-refractivity contribution < 1.29 is 64.8 Å². The van der Waals surface area contributed by atoms with Gasteiger partial charge in [0.25, 0.3) is 0 Å². The minimum Gasteiger partial charge on any atom is -0.456 e. The molecule has 282 valence electrons. The highest BCUT2D eigenvalue weighted by Crippen LogP contribution is 2.63. The Morgan fingerprint density at radius 3 is 1.38 bits per heavy atom. The molecule has 8 heterocycles. The monoisotopic (exact) mass is 758 g/mol. The predicted molar refractivity (Wildman–Crippen MR) is 169 cm³/mol. The lowest BCUT2D eigenvalue weighted by atomic mass is 9.59. The third kappa shape index (κ3) is 5.57. The van der Waals surface area contributed by atoms with E-state index in [1.54, 1.807) is 13.8 Å². The summed E-state index contributed by atoms with van der Waals surface area (Å²) in [5, 5.41) is 0.